The van der Waals surface area contributed by atoms with Gasteiger partial charge in [0.05, 0.1) is 12.8 Å². The van der Waals surface area contributed by atoms with Crippen LogP contribution in [0, 0.1) is 0 Å². The van der Waals surface area contributed by atoms with Crippen LogP contribution < -0.4 is 10.1 Å². The molecule has 0 saturated heterocycles. The molecular formula is C12H13N3O2. The third-order valence-corrected chi connectivity index (χ3v) is 2.40. The fourth-order valence-corrected chi connectivity index (χ4v) is 1.46. The third kappa shape index (κ3) is 2.28. The van der Waals surface area contributed by atoms with Crippen molar-refractivity contribution in [2.75, 3.05) is 19.5 Å². The minimum Gasteiger partial charge on any atom is -0.504 e. The molecule has 2 N–H and O–H groups in total. The van der Waals surface area contributed by atoms with Gasteiger partial charge in [0.1, 0.15) is 5.82 Å². The van der Waals surface area contributed by atoms with E-state index in [9.17, 15) is 5.11 Å². The van der Waals surface area contributed by atoms with Crippen LogP contribution in [-0.2, 0) is 0 Å². The number of nitrogens with zero attached hydrogens (tertiary/aromatic N) is 2. The number of nitrogens with one attached hydrogen (secondary N) is 1. The van der Waals surface area contributed by atoms with Crippen molar-refractivity contribution in [3.8, 4) is 22.8 Å². The third-order valence-electron chi connectivity index (χ3n) is 2.40. The summed E-state index contributed by atoms with van der Waals surface area (Å²) in [6.45, 7) is 0. The number of hydrogen-bond donors (Lipinski definition) is 2. The van der Waals surface area contributed by atoms with E-state index in [1.165, 1.54) is 7.11 Å². The normalized spacial score (nSPS) is 10.0. The van der Waals surface area contributed by atoms with Gasteiger partial charge in [-0.05, 0) is 30.3 Å². The highest BCUT2D eigenvalue weighted by molar-refractivity contribution is 5.63. The van der Waals surface area contributed by atoms with Gasteiger partial charge in [-0.2, -0.15) is 0 Å². The Morgan fingerprint density at radius 2 is 2.00 bits per heavy atom. The number of aromatic nitrogens is 2. The number of ether oxygens (including phenoxy) is 1. The molecule has 0 fully saturated rings. The van der Waals surface area contributed by atoms with Crippen LogP contribution >= 0.6 is 0 Å². The zero-order chi connectivity index (χ0) is 12.3. The lowest BCUT2D eigenvalue weighted by molar-refractivity contribution is 0.373. The van der Waals surface area contributed by atoms with E-state index >= 15 is 0 Å². The maximum atomic E-state index is 9.49. The minimum absolute atomic E-state index is 0.107. The molecule has 0 unspecified atom stereocenters. The molecule has 17 heavy (non-hydrogen) atoms. The molecule has 1 aromatic carbocycles. The van der Waals surface area contributed by atoms with Crippen molar-refractivity contribution in [1.82, 2.24) is 10.2 Å². The highest BCUT2D eigenvalue weighted by Crippen LogP contribution is 2.30. The monoisotopic (exact) mass is 231 g/mol. The van der Waals surface area contributed by atoms with Crippen LogP contribution in [-0.4, -0.2) is 29.5 Å². The molecule has 0 bridgehead atoms. The second kappa shape index (κ2) is 4.69. The van der Waals surface area contributed by atoms with Gasteiger partial charge in [-0.15, -0.1) is 10.2 Å². The van der Waals surface area contributed by atoms with Crippen molar-refractivity contribution in [3.05, 3.63) is 30.3 Å². The van der Waals surface area contributed by atoms with Gasteiger partial charge >= 0.3 is 0 Å². The molecule has 0 saturated carbocycles. The van der Waals surface area contributed by atoms with Crippen molar-refractivity contribution in [3.63, 3.8) is 0 Å². The molecule has 5 heteroatoms. The van der Waals surface area contributed by atoms with Crippen LogP contribution in [0.4, 0.5) is 5.82 Å². The van der Waals surface area contributed by atoms with E-state index in [0.29, 0.717) is 11.6 Å². The second-order valence-corrected chi connectivity index (χ2v) is 3.44. The molecule has 1 aromatic heterocycles. The molecule has 5 nitrogen and oxygen atoms in total. The smallest absolute Gasteiger partial charge is 0.161 e. The summed E-state index contributed by atoms with van der Waals surface area (Å²) in [6.07, 6.45) is 0. The molecule has 0 aliphatic carbocycles. The van der Waals surface area contributed by atoms with E-state index in [0.717, 1.165) is 11.3 Å². The predicted octanol–water partition coefficient (Wildman–Crippen LogP) is 1.90. The van der Waals surface area contributed by atoms with Crippen LogP contribution in [0.2, 0.25) is 0 Å². The van der Waals surface area contributed by atoms with E-state index < -0.39 is 0 Å². The van der Waals surface area contributed by atoms with Gasteiger partial charge in [-0.25, -0.2) is 0 Å². The number of rotatable bonds is 3. The average Bonchev–Trinajstić information content (AvgIpc) is 2.39. The van der Waals surface area contributed by atoms with Crippen molar-refractivity contribution in [2.45, 2.75) is 0 Å². The van der Waals surface area contributed by atoms with E-state index in [1.807, 2.05) is 12.1 Å². The van der Waals surface area contributed by atoms with Crippen molar-refractivity contribution in [2.24, 2.45) is 0 Å². The van der Waals surface area contributed by atoms with Gasteiger partial charge in [0, 0.05) is 12.6 Å². The Bertz CT molecular complexity index is 512. The first-order chi connectivity index (χ1) is 8.24. The molecular weight excluding hydrogens is 218 g/mol. The quantitative estimate of drug-likeness (QED) is 0.844. The minimum atomic E-state index is 0.107. The van der Waals surface area contributed by atoms with Gasteiger partial charge in [0.15, 0.2) is 11.5 Å². The SMILES string of the molecule is CNc1ccc(-c2ccc(O)c(OC)c2)nn1. The number of methoxy groups -OCH3 is 1. The molecule has 2 rings (SSSR count). The molecule has 0 spiro atoms. The lowest BCUT2D eigenvalue weighted by Gasteiger charge is -2.06. The van der Waals surface area contributed by atoms with Crippen LogP contribution in [0.5, 0.6) is 11.5 Å². The molecule has 0 atom stereocenters. The summed E-state index contributed by atoms with van der Waals surface area (Å²) in [5, 5.41) is 20.5. The average molecular weight is 231 g/mol. The first-order valence-corrected chi connectivity index (χ1v) is 5.13. The highest BCUT2D eigenvalue weighted by Gasteiger charge is 2.06. The maximum absolute atomic E-state index is 9.49. The van der Waals surface area contributed by atoms with Crippen LogP contribution in [0.25, 0.3) is 11.3 Å². The molecule has 0 amide bonds. The maximum Gasteiger partial charge on any atom is 0.161 e. The zero-order valence-corrected chi connectivity index (χ0v) is 9.64. The first kappa shape index (κ1) is 11.2. The van der Waals surface area contributed by atoms with Gasteiger partial charge < -0.3 is 15.2 Å². The Morgan fingerprint density at radius 1 is 1.18 bits per heavy atom. The van der Waals surface area contributed by atoms with Crippen molar-refractivity contribution in [1.29, 1.82) is 0 Å². The molecule has 88 valence electrons. The number of benzene rings is 1. The van der Waals surface area contributed by atoms with Crippen LogP contribution in [0.15, 0.2) is 30.3 Å². The number of hydrogen-bond acceptors (Lipinski definition) is 5. The Morgan fingerprint density at radius 3 is 2.59 bits per heavy atom. The topological polar surface area (TPSA) is 67.3 Å². The van der Waals surface area contributed by atoms with Gasteiger partial charge in [-0.1, -0.05) is 0 Å². The fourth-order valence-electron chi connectivity index (χ4n) is 1.46. The first-order valence-electron chi connectivity index (χ1n) is 5.13. The van der Waals surface area contributed by atoms with E-state index in [-0.39, 0.29) is 5.75 Å². The van der Waals surface area contributed by atoms with Crippen LogP contribution in [0.3, 0.4) is 0 Å². The van der Waals surface area contributed by atoms with E-state index in [4.69, 9.17) is 4.74 Å². The molecule has 1 heterocycles. The van der Waals surface area contributed by atoms with Gasteiger partial charge in [-0.3, -0.25) is 0 Å². The summed E-state index contributed by atoms with van der Waals surface area (Å²) in [5.41, 5.74) is 1.57. The van der Waals surface area contributed by atoms with Crippen molar-refractivity contribution >= 4 is 5.82 Å². The highest BCUT2D eigenvalue weighted by atomic mass is 16.5. The zero-order valence-electron chi connectivity index (χ0n) is 9.64. The molecule has 0 aliphatic rings. The van der Waals surface area contributed by atoms with E-state index in [2.05, 4.69) is 15.5 Å². The van der Waals surface area contributed by atoms with Gasteiger partial charge in [0.2, 0.25) is 0 Å². The number of phenolic OH excluding ortho intramolecular Hbond substituents is 1. The molecule has 0 aliphatic heterocycles. The molecule has 0 radical (unpaired) electrons. The Hall–Kier alpha value is -2.30. The summed E-state index contributed by atoms with van der Waals surface area (Å²) in [5.74, 6) is 1.23. The van der Waals surface area contributed by atoms with Crippen molar-refractivity contribution < 1.29 is 9.84 Å². The number of aromatic hydroxyl groups is 1. The Labute approximate surface area is 99.1 Å². The van der Waals surface area contributed by atoms with Gasteiger partial charge in [0.25, 0.3) is 0 Å². The number of anilines is 1. The lowest BCUT2D eigenvalue weighted by Crippen LogP contribution is -1.95. The Kier molecular flexibility index (Phi) is 3.09. The van der Waals surface area contributed by atoms with E-state index in [1.54, 1.807) is 25.2 Å². The standard InChI is InChI=1S/C12H13N3O2/c1-13-12-6-4-9(14-15-12)8-3-5-10(16)11(7-8)17-2/h3-7,16H,1-2H3,(H,13,15). The van der Waals surface area contributed by atoms with Crippen LogP contribution in [0.1, 0.15) is 0 Å². The summed E-state index contributed by atoms with van der Waals surface area (Å²) in [6, 6.07) is 8.74. The summed E-state index contributed by atoms with van der Waals surface area (Å²) in [7, 11) is 3.29. The number of phenols is 1. The lowest BCUT2D eigenvalue weighted by atomic mass is 10.1. The molecule has 2 aromatic rings. The summed E-state index contributed by atoms with van der Waals surface area (Å²) >= 11 is 0. The predicted molar refractivity (Wildman–Crippen MR) is 65.2 cm³/mol. The fraction of sp³-hybridized carbons (Fsp3) is 0.167. The summed E-state index contributed by atoms with van der Waals surface area (Å²) in [4.78, 5) is 0. The second-order valence-electron chi connectivity index (χ2n) is 3.44. The largest absolute Gasteiger partial charge is 0.504 e. The summed E-state index contributed by atoms with van der Waals surface area (Å²) < 4.78 is 5.04. The Balaban J connectivity index is 2.38.